The van der Waals surface area contributed by atoms with E-state index in [2.05, 4.69) is 301 Å². The van der Waals surface area contributed by atoms with Crippen LogP contribution in [-0.4, -0.2) is 4.57 Å². The SMILES string of the molecule is c1ccc(-c2ccc(N(c3ccccc3-c3ccc(-c4ccc5c6ccccc6n(-c6ccc7c(c6)-c6ccccc6C7(c6ccccc6)c6ccccc6)c5c4)cc3)c3cccc4ccccc34)cc2)cc1. The second-order valence-corrected chi connectivity index (χ2v) is 19.2. The molecule has 0 spiro atoms. The Bertz CT molecular complexity index is 4130. The molecule has 0 radical (unpaired) electrons. The van der Waals surface area contributed by atoms with Crippen LogP contribution in [0.3, 0.4) is 0 Å². The molecule has 2 heteroatoms. The van der Waals surface area contributed by atoms with Crippen LogP contribution in [0.5, 0.6) is 0 Å². The second-order valence-electron chi connectivity index (χ2n) is 19.2. The molecular weight excluding hydrogens is 881 g/mol. The standard InChI is InChI=1S/C71H48N2/c1-4-19-49(20-5-1)50-39-42-57(43-40-50)72(68-34-18-22-52-21-10-11-27-59(52)68)67-32-16-13-28-60(67)53-37-35-51(36-38-53)54-41-45-63-62-30-14-17-33-69(62)73(70(63)47-54)58-44-46-66-64(48-58)61-29-12-15-31-65(61)71(66,55-23-6-2-7-24-55)56-25-8-3-9-26-56/h1-48H. The summed E-state index contributed by atoms with van der Waals surface area (Å²) >= 11 is 0. The minimum absolute atomic E-state index is 0.448. The molecule has 0 fully saturated rings. The van der Waals surface area contributed by atoms with Crippen molar-refractivity contribution in [3.05, 3.63) is 313 Å². The number of para-hydroxylation sites is 2. The zero-order valence-corrected chi connectivity index (χ0v) is 40.1. The minimum Gasteiger partial charge on any atom is -0.309 e. The van der Waals surface area contributed by atoms with Crippen molar-refractivity contribution < 1.29 is 0 Å². The van der Waals surface area contributed by atoms with Crippen LogP contribution in [0, 0.1) is 0 Å². The van der Waals surface area contributed by atoms with E-state index in [-0.39, 0.29) is 0 Å². The Morgan fingerprint density at radius 1 is 0.288 bits per heavy atom. The predicted molar refractivity (Wildman–Crippen MR) is 307 cm³/mol. The molecule has 0 unspecified atom stereocenters. The summed E-state index contributed by atoms with van der Waals surface area (Å²) in [6.07, 6.45) is 0. The average Bonchev–Trinajstić information content (AvgIpc) is 3.98. The number of aromatic nitrogens is 1. The van der Waals surface area contributed by atoms with Gasteiger partial charge in [-0.3, -0.25) is 0 Å². The Kier molecular flexibility index (Phi) is 10.1. The Morgan fingerprint density at radius 3 is 1.58 bits per heavy atom. The van der Waals surface area contributed by atoms with E-state index in [0.29, 0.717) is 0 Å². The third-order valence-electron chi connectivity index (χ3n) is 15.3. The first-order valence-electron chi connectivity index (χ1n) is 25.2. The zero-order chi connectivity index (χ0) is 48.3. The molecule has 12 aromatic carbocycles. The summed E-state index contributed by atoms with van der Waals surface area (Å²) in [6.45, 7) is 0. The Morgan fingerprint density at radius 2 is 0.808 bits per heavy atom. The van der Waals surface area contributed by atoms with Gasteiger partial charge in [0.25, 0.3) is 0 Å². The number of anilines is 3. The van der Waals surface area contributed by atoms with Gasteiger partial charge in [-0.05, 0) is 115 Å². The fourth-order valence-electron chi connectivity index (χ4n) is 12.0. The Hall–Kier alpha value is -9.50. The maximum Gasteiger partial charge on any atom is 0.0713 e. The van der Waals surface area contributed by atoms with Crippen LogP contribution in [0.15, 0.2) is 291 Å². The quantitative estimate of drug-likeness (QED) is 0.140. The Labute approximate surface area is 426 Å². The third-order valence-corrected chi connectivity index (χ3v) is 15.3. The molecule has 0 atom stereocenters. The molecule has 73 heavy (non-hydrogen) atoms. The second kappa shape index (κ2) is 17.4. The third kappa shape index (κ3) is 6.87. The zero-order valence-electron chi connectivity index (χ0n) is 40.1. The molecule has 0 bridgehead atoms. The van der Waals surface area contributed by atoms with Gasteiger partial charge in [0.15, 0.2) is 0 Å². The van der Waals surface area contributed by atoms with E-state index in [4.69, 9.17) is 0 Å². The van der Waals surface area contributed by atoms with Crippen molar-refractivity contribution in [2.24, 2.45) is 0 Å². The average molecular weight is 929 g/mol. The lowest BCUT2D eigenvalue weighted by Gasteiger charge is -2.33. The molecule has 0 saturated heterocycles. The molecule has 0 N–H and O–H groups in total. The predicted octanol–water partition coefficient (Wildman–Crippen LogP) is 18.8. The molecule has 1 aliphatic carbocycles. The van der Waals surface area contributed by atoms with Gasteiger partial charge in [0.05, 0.1) is 27.8 Å². The highest BCUT2D eigenvalue weighted by atomic mass is 15.1. The van der Waals surface area contributed by atoms with Crippen molar-refractivity contribution in [3.63, 3.8) is 0 Å². The van der Waals surface area contributed by atoms with E-state index in [1.54, 1.807) is 0 Å². The van der Waals surface area contributed by atoms with Gasteiger partial charge in [0.1, 0.15) is 0 Å². The number of rotatable bonds is 9. The number of hydrogen-bond donors (Lipinski definition) is 0. The molecule has 14 rings (SSSR count). The van der Waals surface area contributed by atoms with E-state index in [1.807, 2.05) is 0 Å². The number of hydrogen-bond acceptors (Lipinski definition) is 1. The number of benzene rings is 12. The normalized spacial score (nSPS) is 12.5. The fraction of sp³-hybridized carbons (Fsp3) is 0.0141. The van der Waals surface area contributed by atoms with Gasteiger partial charge in [-0.15, -0.1) is 0 Å². The lowest BCUT2D eigenvalue weighted by molar-refractivity contribution is 0.768. The molecule has 0 aliphatic heterocycles. The largest absolute Gasteiger partial charge is 0.309 e. The van der Waals surface area contributed by atoms with Gasteiger partial charge < -0.3 is 9.47 Å². The van der Waals surface area contributed by atoms with Gasteiger partial charge in [0.2, 0.25) is 0 Å². The van der Waals surface area contributed by atoms with Crippen LogP contribution in [-0.2, 0) is 5.41 Å². The van der Waals surface area contributed by atoms with Crippen molar-refractivity contribution in [2.75, 3.05) is 4.90 Å². The van der Waals surface area contributed by atoms with E-state index in [1.165, 1.54) is 88.2 Å². The summed E-state index contributed by atoms with van der Waals surface area (Å²) in [5.41, 5.74) is 21.2. The summed E-state index contributed by atoms with van der Waals surface area (Å²) in [5.74, 6) is 0. The molecule has 13 aromatic rings. The van der Waals surface area contributed by atoms with Crippen molar-refractivity contribution in [2.45, 2.75) is 5.41 Å². The topological polar surface area (TPSA) is 8.17 Å². The molecule has 1 aromatic heterocycles. The van der Waals surface area contributed by atoms with Gasteiger partial charge in [-0.2, -0.15) is 0 Å². The van der Waals surface area contributed by atoms with Crippen molar-refractivity contribution in [3.8, 4) is 50.2 Å². The molecule has 2 nitrogen and oxygen atoms in total. The van der Waals surface area contributed by atoms with Crippen molar-refractivity contribution in [1.82, 2.24) is 4.57 Å². The van der Waals surface area contributed by atoms with Crippen LogP contribution in [0.4, 0.5) is 17.1 Å². The van der Waals surface area contributed by atoms with Crippen LogP contribution in [0.25, 0.3) is 82.8 Å². The van der Waals surface area contributed by atoms with E-state index < -0.39 is 5.41 Å². The summed E-state index contributed by atoms with van der Waals surface area (Å²) < 4.78 is 2.47. The summed E-state index contributed by atoms with van der Waals surface area (Å²) in [4.78, 5) is 2.42. The summed E-state index contributed by atoms with van der Waals surface area (Å²) in [6, 6.07) is 107. The first-order valence-corrected chi connectivity index (χ1v) is 25.2. The van der Waals surface area contributed by atoms with Crippen molar-refractivity contribution >= 4 is 49.6 Å². The van der Waals surface area contributed by atoms with Gasteiger partial charge >= 0.3 is 0 Å². The van der Waals surface area contributed by atoms with E-state index >= 15 is 0 Å². The van der Waals surface area contributed by atoms with E-state index in [0.717, 1.165) is 33.9 Å². The minimum atomic E-state index is -0.448. The summed E-state index contributed by atoms with van der Waals surface area (Å²) in [7, 11) is 0. The maximum absolute atomic E-state index is 2.47. The molecule has 1 heterocycles. The van der Waals surface area contributed by atoms with Crippen molar-refractivity contribution in [1.29, 1.82) is 0 Å². The fourth-order valence-corrected chi connectivity index (χ4v) is 12.0. The van der Waals surface area contributed by atoms with Gasteiger partial charge in [0, 0.05) is 33.1 Å². The Balaban J connectivity index is 0.876. The van der Waals surface area contributed by atoms with Crippen LogP contribution in [0.2, 0.25) is 0 Å². The molecular formula is C71H48N2. The lowest BCUT2D eigenvalue weighted by atomic mass is 9.68. The van der Waals surface area contributed by atoms with Crippen LogP contribution in [0.1, 0.15) is 22.3 Å². The summed E-state index contributed by atoms with van der Waals surface area (Å²) in [5, 5.41) is 4.88. The van der Waals surface area contributed by atoms with Crippen LogP contribution >= 0.6 is 0 Å². The first kappa shape index (κ1) is 42.4. The highest BCUT2D eigenvalue weighted by Crippen LogP contribution is 2.56. The van der Waals surface area contributed by atoms with Crippen LogP contribution < -0.4 is 4.90 Å². The lowest BCUT2D eigenvalue weighted by Crippen LogP contribution is -2.28. The highest BCUT2D eigenvalue weighted by molar-refractivity contribution is 6.10. The highest BCUT2D eigenvalue weighted by Gasteiger charge is 2.46. The first-order chi connectivity index (χ1) is 36.2. The molecule has 1 aliphatic rings. The molecule has 0 amide bonds. The van der Waals surface area contributed by atoms with E-state index in [9.17, 15) is 0 Å². The number of fused-ring (bicyclic) bond motifs is 7. The monoisotopic (exact) mass is 928 g/mol. The number of nitrogens with zero attached hydrogens (tertiary/aromatic N) is 2. The maximum atomic E-state index is 2.47. The van der Waals surface area contributed by atoms with Gasteiger partial charge in [-0.1, -0.05) is 243 Å². The van der Waals surface area contributed by atoms with Gasteiger partial charge in [-0.25, -0.2) is 0 Å². The molecule has 0 saturated carbocycles. The molecule has 342 valence electrons. The smallest absolute Gasteiger partial charge is 0.0713 e.